The summed E-state index contributed by atoms with van der Waals surface area (Å²) in [5.41, 5.74) is 15.9. The summed E-state index contributed by atoms with van der Waals surface area (Å²) >= 11 is 0. The van der Waals surface area contributed by atoms with Crippen LogP contribution in [0.15, 0.2) is 46.5 Å². The van der Waals surface area contributed by atoms with Gasteiger partial charge in [0.05, 0.1) is 17.1 Å². The van der Waals surface area contributed by atoms with E-state index in [1.807, 2.05) is 0 Å². The van der Waals surface area contributed by atoms with E-state index in [1.165, 1.54) is 24.5 Å². The van der Waals surface area contributed by atoms with Gasteiger partial charge in [-0.2, -0.15) is 8.42 Å². The molecule has 11 nitrogen and oxygen atoms in total. The van der Waals surface area contributed by atoms with Crippen molar-refractivity contribution in [1.29, 1.82) is 0 Å². The molecule has 168 valence electrons. The maximum absolute atomic E-state index is 14.3. The molecule has 1 amide bonds. The van der Waals surface area contributed by atoms with E-state index < -0.39 is 48.7 Å². The van der Waals surface area contributed by atoms with Crippen LogP contribution in [0.4, 0.5) is 8.78 Å². The van der Waals surface area contributed by atoms with E-state index in [0.717, 1.165) is 0 Å². The van der Waals surface area contributed by atoms with Crippen molar-refractivity contribution in [2.24, 2.45) is 22.2 Å². The van der Waals surface area contributed by atoms with Gasteiger partial charge in [0.1, 0.15) is 5.75 Å². The number of hydroxylamine groups is 1. The minimum absolute atomic E-state index is 0.00145. The SMILES string of the molecule is NC(N)=NCCC[C@H](N)C(=O)N(O)S(=O)(=O)c1cc(F)c(Oc2cccnc2)c(F)c1. The number of halogens is 2. The number of rotatable bonds is 9. The zero-order chi connectivity index (χ0) is 23.2. The Morgan fingerprint density at radius 2 is 1.94 bits per heavy atom. The second-order valence-corrected chi connectivity index (χ2v) is 7.92. The first-order chi connectivity index (χ1) is 14.5. The highest BCUT2D eigenvalue weighted by Crippen LogP contribution is 2.30. The highest BCUT2D eigenvalue weighted by molar-refractivity contribution is 7.89. The highest BCUT2D eigenvalue weighted by Gasteiger charge is 2.33. The van der Waals surface area contributed by atoms with Crippen LogP contribution in [0.2, 0.25) is 0 Å². The van der Waals surface area contributed by atoms with Crippen LogP contribution in [0.1, 0.15) is 12.8 Å². The number of carbonyl (C=O) groups excluding carboxylic acids is 1. The number of nitrogens with two attached hydrogens (primary N) is 3. The van der Waals surface area contributed by atoms with Crippen LogP contribution in [-0.2, 0) is 14.8 Å². The molecule has 2 rings (SSSR count). The van der Waals surface area contributed by atoms with E-state index in [-0.39, 0.29) is 31.1 Å². The molecule has 1 atom stereocenters. The summed E-state index contributed by atoms with van der Waals surface area (Å²) in [5, 5.41) is 9.86. The molecular formula is C17H20F2N6O5S. The van der Waals surface area contributed by atoms with Crippen LogP contribution >= 0.6 is 0 Å². The monoisotopic (exact) mass is 458 g/mol. The van der Waals surface area contributed by atoms with Gasteiger partial charge in [-0.15, -0.1) is 4.47 Å². The Bertz CT molecular complexity index is 1040. The van der Waals surface area contributed by atoms with E-state index >= 15 is 0 Å². The molecule has 0 unspecified atom stereocenters. The lowest BCUT2D eigenvalue weighted by atomic mass is 10.1. The zero-order valence-corrected chi connectivity index (χ0v) is 16.8. The summed E-state index contributed by atoms with van der Waals surface area (Å²) in [4.78, 5) is 18.5. The van der Waals surface area contributed by atoms with E-state index in [4.69, 9.17) is 21.9 Å². The van der Waals surface area contributed by atoms with Crippen LogP contribution in [0.25, 0.3) is 0 Å². The van der Waals surface area contributed by atoms with Crippen LogP contribution < -0.4 is 21.9 Å². The van der Waals surface area contributed by atoms with Crippen LogP contribution in [0.3, 0.4) is 0 Å². The fraction of sp³-hybridized carbons (Fsp3) is 0.235. The second-order valence-electron chi connectivity index (χ2n) is 6.15. The largest absolute Gasteiger partial charge is 0.450 e. The quantitative estimate of drug-likeness (QED) is 0.136. The molecule has 1 aromatic heterocycles. The minimum atomic E-state index is -5.02. The normalized spacial score (nSPS) is 12.1. The van der Waals surface area contributed by atoms with Gasteiger partial charge in [-0.3, -0.25) is 20.0 Å². The number of guanidine groups is 1. The third-order valence-corrected chi connectivity index (χ3v) is 5.29. The molecule has 0 radical (unpaired) electrons. The Kier molecular flexibility index (Phi) is 7.79. The van der Waals surface area contributed by atoms with Gasteiger partial charge < -0.3 is 21.9 Å². The van der Waals surface area contributed by atoms with E-state index in [0.29, 0.717) is 12.1 Å². The first kappa shape index (κ1) is 23.9. The summed E-state index contributed by atoms with van der Waals surface area (Å²) in [6.45, 7) is 0.121. The molecular weight excluding hydrogens is 438 g/mol. The van der Waals surface area contributed by atoms with Crippen molar-refractivity contribution < 1.29 is 31.9 Å². The lowest BCUT2D eigenvalue weighted by Gasteiger charge is -2.19. The molecule has 1 heterocycles. The standard InChI is InChI=1S/C17H20F2N6O5S/c18-12-7-11(8-13(19)15(12)30-10-3-1-5-23-9-10)31(28,29)25(27)16(26)14(20)4-2-6-24-17(21)22/h1,3,5,7-9,14,27H,2,4,6,20H2,(H4,21,22,24)/t14-/m0/s1. The number of amides is 1. The first-order valence-electron chi connectivity index (χ1n) is 8.70. The lowest BCUT2D eigenvalue weighted by Crippen LogP contribution is -2.45. The van der Waals surface area contributed by atoms with E-state index in [9.17, 15) is 27.2 Å². The second kappa shape index (κ2) is 10.1. The third-order valence-electron chi connectivity index (χ3n) is 3.82. The number of sulfonamides is 1. The topological polar surface area (TPSA) is 187 Å². The summed E-state index contributed by atoms with van der Waals surface area (Å²) in [7, 11) is -5.02. The predicted molar refractivity (Wildman–Crippen MR) is 104 cm³/mol. The van der Waals surface area contributed by atoms with Gasteiger partial charge in [0.2, 0.25) is 0 Å². The number of benzene rings is 1. The molecule has 0 aliphatic heterocycles. The van der Waals surface area contributed by atoms with Crippen molar-refractivity contribution in [3.8, 4) is 11.5 Å². The predicted octanol–water partition coefficient (Wildman–Crippen LogP) is 0.440. The van der Waals surface area contributed by atoms with E-state index in [1.54, 1.807) is 0 Å². The Balaban J connectivity index is 2.18. The van der Waals surface area contributed by atoms with Gasteiger partial charge in [-0.05, 0) is 37.1 Å². The number of carbonyl (C=O) groups is 1. The molecule has 0 saturated heterocycles. The molecule has 0 bridgehead atoms. The molecule has 2 aromatic rings. The fourth-order valence-electron chi connectivity index (χ4n) is 2.31. The van der Waals surface area contributed by atoms with Crippen LogP contribution in [0, 0.1) is 11.6 Å². The van der Waals surface area contributed by atoms with Gasteiger partial charge in [-0.25, -0.2) is 8.78 Å². The number of pyridine rings is 1. The van der Waals surface area contributed by atoms with Crippen molar-refractivity contribution in [3.05, 3.63) is 48.3 Å². The summed E-state index contributed by atoms with van der Waals surface area (Å²) < 4.78 is 57.9. The molecule has 0 saturated carbocycles. The Morgan fingerprint density at radius 3 is 2.48 bits per heavy atom. The van der Waals surface area contributed by atoms with E-state index in [2.05, 4.69) is 9.98 Å². The van der Waals surface area contributed by atoms with Gasteiger partial charge in [0.25, 0.3) is 15.9 Å². The third kappa shape index (κ3) is 6.07. The maximum Gasteiger partial charge on any atom is 0.289 e. The minimum Gasteiger partial charge on any atom is -0.450 e. The molecule has 0 spiro atoms. The number of aromatic nitrogens is 1. The van der Waals surface area contributed by atoms with Gasteiger partial charge >= 0.3 is 0 Å². The number of ether oxygens (including phenoxy) is 1. The number of hydrogen-bond donors (Lipinski definition) is 4. The number of hydrogen-bond acceptors (Lipinski definition) is 8. The average Bonchev–Trinajstić information content (AvgIpc) is 2.72. The molecule has 14 heteroatoms. The molecule has 31 heavy (non-hydrogen) atoms. The Hall–Kier alpha value is -3.36. The van der Waals surface area contributed by atoms with Gasteiger partial charge in [0.15, 0.2) is 23.3 Å². The highest BCUT2D eigenvalue weighted by atomic mass is 32.2. The summed E-state index contributed by atoms with van der Waals surface area (Å²) in [5.74, 6) is -5.23. The van der Waals surface area contributed by atoms with Crippen molar-refractivity contribution in [2.75, 3.05) is 6.54 Å². The average molecular weight is 458 g/mol. The summed E-state index contributed by atoms with van der Waals surface area (Å²) in [6, 6.07) is 2.19. The lowest BCUT2D eigenvalue weighted by molar-refractivity contribution is -0.147. The number of nitrogens with zero attached hydrogens (tertiary/aromatic N) is 3. The maximum atomic E-state index is 14.3. The van der Waals surface area contributed by atoms with Crippen molar-refractivity contribution in [2.45, 2.75) is 23.8 Å². The summed E-state index contributed by atoms with van der Waals surface area (Å²) in [6.07, 6.45) is 2.74. The molecule has 7 N–H and O–H groups in total. The Morgan fingerprint density at radius 1 is 1.29 bits per heavy atom. The van der Waals surface area contributed by atoms with Gasteiger partial charge in [-0.1, -0.05) is 0 Å². The first-order valence-corrected chi connectivity index (χ1v) is 10.1. The molecule has 0 aliphatic rings. The number of aliphatic imine (C=N–C) groups is 1. The Labute approximate surface area is 176 Å². The van der Waals surface area contributed by atoms with Crippen molar-refractivity contribution >= 4 is 21.9 Å². The van der Waals surface area contributed by atoms with Crippen LogP contribution in [-0.4, -0.2) is 47.5 Å². The zero-order valence-electron chi connectivity index (χ0n) is 16.0. The van der Waals surface area contributed by atoms with Crippen molar-refractivity contribution in [3.63, 3.8) is 0 Å². The fourth-order valence-corrected chi connectivity index (χ4v) is 3.39. The molecule has 0 fully saturated rings. The smallest absolute Gasteiger partial charge is 0.289 e. The van der Waals surface area contributed by atoms with Crippen LogP contribution in [0.5, 0.6) is 11.5 Å². The van der Waals surface area contributed by atoms with Gasteiger partial charge in [0, 0.05) is 12.7 Å². The van der Waals surface area contributed by atoms with Crippen molar-refractivity contribution in [1.82, 2.24) is 9.45 Å². The molecule has 1 aromatic carbocycles. The molecule has 0 aliphatic carbocycles.